The minimum atomic E-state index is -0.755. The molecule has 2 N–H and O–H groups in total. The summed E-state index contributed by atoms with van der Waals surface area (Å²) in [6.45, 7) is 5.80. The van der Waals surface area contributed by atoms with Crippen LogP contribution in [0.25, 0.3) is 0 Å². The van der Waals surface area contributed by atoms with Crippen molar-refractivity contribution in [1.29, 1.82) is 0 Å². The molecule has 0 heterocycles. The summed E-state index contributed by atoms with van der Waals surface area (Å²) in [7, 11) is 1.62. The lowest BCUT2D eigenvalue weighted by Gasteiger charge is -2.26. The summed E-state index contributed by atoms with van der Waals surface area (Å²) in [6.07, 6.45) is 0.940. The molecule has 2 rings (SSSR count). The highest BCUT2D eigenvalue weighted by atomic mass is 16.5. The van der Waals surface area contributed by atoms with Crippen molar-refractivity contribution < 1.29 is 9.53 Å². The first-order valence-corrected chi connectivity index (χ1v) is 7.77. The van der Waals surface area contributed by atoms with E-state index in [1.54, 1.807) is 7.11 Å². The minimum absolute atomic E-state index is 0.0893. The Kier molecular flexibility index (Phi) is 5.27. The maximum Gasteiger partial charge on any atom is 0.249 e. The van der Waals surface area contributed by atoms with Crippen molar-refractivity contribution in [3.8, 4) is 5.75 Å². The number of carbonyl (C=O) groups is 1. The summed E-state index contributed by atoms with van der Waals surface area (Å²) in [6, 6.07) is 15.4. The molecule has 2 aromatic rings. The fraction of sp³-hybridized carbons (Fsp3) is 0.316. The second-order valence-electron chi connectivity index (χ2n) is 5.99. The Morgan fingerprint density at radius 2 is 1.78 bits per heavy atom. The highest BCUT2D eigenvalue weighted by Gasteiger charge is 2.27. The van der Waals surface area contributed by atoms with E-state index < -0.39 is 5.54 Å². The van der Waals surface area contributed by atoms with E-state index in [0.717, 1.165) is 23.5 Å². The van der Waals surface area contributed by atoms with Gasteiger partial charge in [0, 0.05) is 17.4 Å². The molecule has 0 radical (unpaired) electrons. The fourth-order valence-electron chi connectivity index (χ4n) is 2.27. The van der Waals surface area contributed by atoms with Crippen LogP contribution in [0, 0.1) is 0 Å². The van der Waals surface area contributed by atoms with E-state index in [0.29, 0.717) is 0 Å². The van der Waals surface area contributed by atoms with E-state index in [4.69, 9.17) is 4.74 Å². The van der Waals surface area contributed by atoms with E-state index >= 15 is 0 Å². The summed E-state index contributed by atoms with van der Waals surface area (Å²) in [5.41, 5.74) is 2.09. The summed E-state index contributed by atoms with van der Waals surface area (Å²) >= 11 is 0. The molecule has 0 aliphatic heterocycles. The van der Waals surface area contributed by atoms with Crippen LogP contribution in [0.2, 0.25) is 0 Å². The van der Waals surface area contributed by atoms with Gasteiger partial charge < -0.3 is 15.4 Å². The second-order valence-corrected chi connectivity index (χ2v) is 5.99. The summed E-state index contributed by atoms with van der Waals surface area (Å²) < 4.78 is 5.21. The third kappa shape index (κ3) is 4.49. The molecule has 4 nitrogen and oxygen atoms in total. The number of hydrogen-bond donors (Lipinski definition) is 2. The molecular weight excluding hydrogens is 288 g/mol. The van der Waals surface area contributed by atoms with Crippen LogP contribution in [0.3, 0.4) is 0 Å². The van der Waals surface area contributed by atoms with Crippen molar-refractivity contribution in [3.63, 3.8) is 0 Å². The molecular formula is C19H24N2O2. The van der Waals surface area contributed by atoms with Gasteiger partial charge in [-0.05, 0) is 50.1 Å². The van der Waals surface area contributed by atoms with Crippen molar-refractivity contribution in [2.75, 3.05) is 17.7 Å². The third-order valence-electron chi connectivity index (χ3n) is 3.69. The number of hydrogen-bond acceptors (Lipinski definition) is 3. The number of nitrogens with one attached hydrogen (secondary N) is 2. The molecule has 0 saturated carbocycles. The molecule has 23 heavy (non-hydrogen) atoms. The quantitative estimate of drug-likeness (QED) is 0.845. The summed E-state index contributed by atoms with van der Waals surface area (Å²) in [5.74, 6) is 0.662. The number of anilines is 2. The Morgan fingerprint density at radius 1 is 1.09 bits per heavy atom. The Morgan fingerprint density at radius 3 is 2.48 bits per heavy atom. The van der Waals surface area contributed by atoms with Gasteiger partial charge in [0.1, 0.15) is 11.3 Å². The lowest BCUT2D eigenvalue weighted by atomic mass is 10.0. The number of benzene rings is 2. The van der Waals surface area contributed by atoms with Crippen molar-refractivity contribution >= 4 is 17.3 Å². The maximum atomic E-state index is 12.6. The summed E-state index contributed by atoms with van der Waals surface area (Å²) in [4.78, 5) is 12.6. The normalized spacial score (nSPS) is 11.0. The Balaban J connectivity index is 2.09. The standard InChI is InChI=1S/C19H24N2O2/c1-5-14-8-6-9-15(12-14)20-18(22)19(2,3)21-16-10-7-11-17(13-16)23-4/h6-13,21H,5H2,1-4H3,(H,20,22). The molecule has 0 unspecified atom stereocenters. The van der Waals surface area contributed by atoms with Crippen LogP contribution in [-0.2, 0) is 11.2 Å². The predicted molar refractivity (Wildman–Crippen MR) is 95.1 cm³/mol. The molecule has 0 saturated heterocycles. The van der Waals surface area contributed by atoms with Crippen molar-refractivity contribution in [1.82, 2.24) is 0 Å². The Labute approximate surface area is 137 Å². The van der Waals surface area contributed by atoms with Crippen LogP contribution < -0.4 is 15.4 Å². The third-order valence-corrected chi connectivity index (χ3v) is 3.69. The zero-order valence-electron chi connectivity index (χ0n) is 14.1. The first kappa shape index (κ1) is 16.9. The molecule has 0 aromatic heterocycles. The number of rotatable bonds is 6. The zero-order valence-corrected chi connectivity index (χ0v) is 14.1. The SMILES string of the molecule is CCc1cccc(NC(=O)C(C)(C)Nc2cccc(OC)c2)c1. The van der Waals surface area contributed by atoms with Gasteiger partial charge in [-0.1, -0.05) is 25.1 Å². The van der Waals surface area contributed by atoms with Gasteiger partial charge >= 0.3 is 0 Å². The number of methoxy groups -OCH3 is 1. The first-order chi connectivity index (χ1) is 10.9. The van der Waals surface area contributed by atoms with E-state index in [-0.39, 0.29) is 5.91 Å². The zero-order chi connectivity index (χ0) is 16.9. The Hall–Kier alpha value is -2.49. The first-order valence-electron chi connectivity index (χ1n) is 7.77. The van der Waals surface area contributed by atoms with E-state index in [2.05, 4.69) is 23.6 Å². The molecule has 0 fully saturated rings. The highest BCUT2D eigenvalue weighted by Crippen LogP contribution is 2.22. The molecule has 0 aliphatic rings. The van der Waals surface area contributed by atoms with Crippen molar-refractivity contribution in [2.45, 2.75) is 32.7 Å². The topological polar surface area (TPSA) is 50.4 Å². The van der Waals surface area contributed by atoms with Gasteiger partial charge in [0.05, 0.1) is 7.11 Å². The highest BCUT2D eigenvalue weighted by molar-refractivity contribution is 5.99. The number of amides is 1. The van der Waals surface area contributed by atoms with E-state index in [1.807, 2.05) is 56.3 Å². The molecule has 0 atom stereocenters. The van der Waals surface area contributed by atoms with Gasteiger partial charge in [-0.15, -0.1) is 0 Å². The van der Waals surface area contributed by atoms with Gasteiger partial charge in [-0.2, -0.15) is 0 Å². The molecule has 0 aliphatic carbocycles. The van der Waals surface area contributed by atoms with Crippen molar-refractivity contribution in [2.24, 2.45) is 0 Å². The number of aryl methyl sites for hydroxylation is 1. The van der Waals surface area contributed by atoms with E-state index in [9.17, 15) is 4.79 Å². The van der Waals surface area contributed by atoms with Crippen LogP contribution in [0.5, 0.6) is 5.75 Å². The molecule has 1 amide bonds. The monoisotopic (exact) mass is 312 g/mol. The van der Waals surface area contributed by atoms with Gasteiger partial charge in [-0.3, -0.25) is 4.79 Å². The Bertz CT molecular complexity index is 681. The predicted octanol–water partition coefficient (Wildman–Crippen LogP) is 4.09. The molecule has 0 bridgehead atoms. The van der Waals surface area contributed by atoms with Crippen LogP contribution in [0.1, 0.15) is 26.3 Å². The van der Waals surface area contributed by atoms with Gasteiger partial charge in [0.2, 0.25) is 5.91 Å². The van der Waals surface area contributed by atoms with Gasteiger partial charge in [-0.25, -0.2) is 0 Å². The lowest BCUT2D eigenvalue weighted by Crippen LogP contribution is -2.44. The second kappa shape index (κ2) is 7.18. The maximum absolute atomic E-state index is 12.6. The van der Waals surface area contributed by atoms with Crippen molar-refractivity contribution in [3.05, 3.63) is 54.1 Å². The number of ether oxygens (including phenoxy) is 1. The van der Waals surface area contributed by atoms with Crippen LogP contribution >= 0.6 is 0 Å². The molecule has 2 aromatic carbocycles. The van der Waals surface area contributed by atoms with E-state index in [1.165, 1.54) is 5.56 Å². The largest absolute Gasteiger partial charge is 0.497 e. The van der Waals surface area contributed by atoms with Crippen LogP contribution in [0.15, 0.2) is 48.5 Å². The molecule has 0 spiro atoms. The average Bonchev–Trinajstić information content (AvgIpc) is 2.54. The molecule has 4 heteroatoms. The minimum Gasteiger partial charge on any atom is -0.497 e. The fourth-order valence-corrected chi connectivity index (χ4v) is 2.27. The molecule has 122 valence electrons. The van der Waals surface area contributed by atoms with Crippen LogP contribution in [0.4, 0.5) is 11.4 Å². The van der Waals surface area contributed by atoms with Gasteiger partial charge in [0.25, 0.3) is 0 Å². The smallest absolute Gasteiger partial charge is 0.249 e. The van der Waals surface area contributed by atoms with Crippen LogP contribution in [-0.4, -0.2) is 18.6 Å². The van der Waals surface area contributed by atoms with Gasteiger partial charge in [0.15, 0.2) is 0 Å². The number of carbonyl (C=O) groups excluding carboxylic acids is 1. The summed E-state index contributed by atoms with van der Waals surface area (Å²) in [5, 5.41) is 6.22. The average molecular weight is 312 g/mol. The lowest BCUT2D eigenvalue weighted by molar-refractivity contribution is -0.119.